The molecule has 0 fully saturated rings. The number of methoxy groups -OCH3 is 2. The zero-order valence-corrected chi connectivity index (χ0v) is 21.0. The van der Waals surface area contributed by atoms with Crippen LogP contribution in [0.4, 0.5) is 23.4 Å². The lowest BCUT2D eigenvalue weighted by Gasteiger charge is -2.13. The van der Waals surface area contributed by atoms with Gasteiger partial charge in [0.15, 0.2) is 18.2 Å². The van der Waals surface area contributed by atoms with E-state index in [9.17, 15) is 23.1 Å². The quantitative estimate of drug-likeness (QED) is 0.246. The minimum atomic E-state index is -2.70. The SMILES string of the molecule is COc1ccc(CNc2ncc(-c3nc(-c4ccc(OCC(F)F)nc4)cc(C(=O)O)c3F)nc2F)c(OC)c1. The Morgan fingerprint density at radius 3 is 2.42 bits per heavy atom. The summed E-state index contributed by atoms with van der Waals surface area (Å²) in [6.45, 7) is -0.759. The topological polar surface area (TPSA) is 129 Å². The van der Waals surface area contributed by atoms with Gasteiger partial charge in [0.1, 0.15) is 22.9 Å². The van der Waals surface area contributed by atoms with Crippen LogP contribution >= 0.6 is 0 Å². The van der Waals surface area contributed by atoms with E-state index in [1.54, 1.807) is 18.2 Å². The monoisotopic (exact) mass is 559 g/mol. The number of benzene rings is 1. The average Bonchev–Trinajstić information content (AvgIpc) is 2.95. The largest absolute Gasteiger partial charge is 0.497 e. The standard InChI is InChI=1S/C26H21F4N5O5/c1-38-15-5-3-14(19(7-15)39-2)10-32-25-24(30)35-18(11-33-25)23-22(29)16(26(36)37)8-17(34-23)13-4-6-21(31-9-13)40-12-20(27)28/h3-9,11,20H,10,12H2,1-2H3,(H,32,33)(H,36,37). The van der Waals surface area contributed by atoms with E-state index in [1.807, 2.05) is 0 Å². The minimum absolute atomic E-state index is 0.0438. The van der Waals surface area contributed by atoms with Crippen LogP contribution in [0.15, 0.2) is 48.8 Å². The van der Waals surface area contributed by atoms with Gasteiger partial charge in [-0.25, -0.2) is 37.9 Å². The van der Waals surface area contributed by atoms with Crippen molar-refractivity contribution in [3.05, 3.63) is 71.7 Å². The van der Waals surface area contributed by atoms with Gasteiger partial charge >= 0.3 is 5.97 Å². The predicted molar refractivity (Wildman–Crippen MR) is 134 cm³/mol. The third-order valence-corrected chi connectivity index (χ3v) is 5.49. The lowest BCUT2D eigenvalue weighted by atomic mass is 10.1. The molecule has 3 heterocycles. The lowest BCUT2D eigenvalue weighted by Crippen LogP contribution is -2.09. The van der Waals surface area contributed by atoms with Gasteiger partial charge in [-0.05, 0) is 24.3 Å². The zero-order valence-electron chi connectivity index (χ0n) is 21.0. The van der Waals surface area contributed by atoms with Crippen molar-refractivity contribution in [3.63, 3.8) is 0 Å². The fraction of sp³-hybridized carbons (Fsp3) is 0.192. The Balaban J connectivity index is 1.62. The first kappa shape index (κ1) is 28.0. The summed E-state index contributed by atoms with van der Waals surface area (Å²) >= 11 is 0. The second-order valence-corrected chi connectivity index (χ2v) is 8.04. The second-order valence-electron chi connectivity index (χ2n) is 8.04. The Bertz CT molecular complexity index is 1520. The number of aromatic nitrogens is 4. The predicted octanol–water partition coefficient (Wildman–Crippen LogP) is 4.85. The molecule has 3 aromatic heterocycles. The molecule has 0 saturated carbocycles. The Morgan fingerprint density at radius 2 is 1.80 bits per heavy atom. The highest BCUT2D eigenvalue weighted by atomic mass is 19.3. The molecule has 10 nitrogen and oxygen atoms in total. The summed E-state index contributed by atoms with van der Waals surface area (Å²) < 4.78 is 70.0. The fourth-order valence-corrected chi connectivity index (χ4v) is 3.54. The summed E-state index contributed by atoms with van der Waals surface area (Å²) in [5.41, 5.74) is -0.848. The van der Waals surface area contributed by atoms with Crippen molar-refractivity contribution in [2.24, 2.45) is 0 Å². The molecule has 1 aromatic carbocycles. The van der Waals surface area contributed by atoms with Gasteiger partial charge in [-0.15, -0.1) is 0 Å². The van der Waals surface area contributed by atoms with E-state index in [-0.39, 0.29) is 35.2 Å². The third-order valence-electron chi connectivity index (χ3n) is 5.49. The lowest BCUT2D eigenvalue weighted by molar-refractivity contribution is 0.0691. The van der Waals surface area contributed by atoms with E-state index in [2.05, 4.69) is 25.3 Å². The number of pyridine rings is 2. The van der Waals surface area contributed by atoms with Gasteiger partial charge in [0.25, 0.3) is 12.4 Å². The maximum absolute atomic E-state index is 15.1. The van der Waals surface area contributed by atoms with Gasteiger partial charge in [0, 0.05) is 36.0 Å². The first-order valence-electron chi connectivity index (χ1n) is 11.5. The van der Waals surface area contributed by atoms with Crippen molar-refractivity contribution in [1.82, 2.24) is 19.9 Å². The van der Waals surface area contributed by atoms with E-state index in [0.717, 1.165) is 12.3 Å². The van der Waals surface area contributed by atoms with Gasteiger partial charge in [0.05, 0.1) is 31.7 Å². The third kappa shape index (κ3) is 6.34. The number of anilines is 1. The van der Waals surface area contributed by atoms with Crippen molar-refractivity contribution in [2.45, 2.75) is 13.0 Å². The van der Waals surface area contributed by atoms with Crippen LogP contribution in [0.1, 0.15) is 15.9 Å². The molecular formula is C26H21F4N5O5. The Hall–Kier alpha value is -5.01. The number of hydrogen-bond donors (Lipinski definition) is 2. The van der Waals surface area contributed by atoms with Crippen molar-refractivity contribution < 1.29 is 41.7 Å². The maximum Gasteiger partial charge on any atom is 0.338 e. The molecule has 0 bridgehead atoms. The smallest absolute Gasteiger partial charge is 0.338 e. The van der Waals surface area contributed by atoms with Crippen LogP contribution in [0, 0.1) is 11.8 Å². The molecule has 40 heavy (non-hydrogen) atoms. The molecule has 0 spiro atoms. The molecule has 4 aromatic rings. The van der Waals surface area contributed by atoms with E-state index >= 15 is 4.39 Å². The normalized spacial score (nSPS) is 10.9. The zero-order chi connectivity index (χ0) is 28.8. The molecule has 4 rings (SSSR count). The number of hydrogen-bond acceptors (Lipinski definition) is 9. The number of carboxylic acid groups (broad SMARTS) is 1. The molecule has 0 saturated heterocycles. The number of nitrogens with zero attached hydrogens (tertiary/aromatic N) is 4. The molecule has 0 unspecified atom stereocenters. The molecule has 0 amide bonds. The van der Waals surface area contributed by atoms with Crippen LogP contribution in [0.5, 0.6) is 17.4 Å². The molecule has 14 heteroatoms. The van der Waals surface area contributed by atoms with E-state index in [4.69, 9.17) is 14.2 Å². The molecule has 0 aliphatic rings. The number of aromatic carboxylic acids is 1. The Morgan fingerprint density at radius 1 is 1.00 bits per heavy atom. The number of rotatable bonds is 11. The van der Waals surface area contributed by atoms with Crippen LogP contribution in [-0.4, -0.2) is 58.3 Å². The second kappa shape index (κ2) is 12.2. The van der Waals surface area contributed by atoms with Gasteiger partial charge in [-0.3, -0.25) is 0 Å². The van der Waals surface area contributed by atoms with E-state index < -0.39 is 42.0 Å². The van der Waals surface area contributed by atoms with Gasteiger partial charge < -0.3 is 24.6 Å². The molecule has 2 N–H and O–H groups in total. The van der Waals surface area contributed by atoms with Crippen molar-refractivity contribution in [1.29, 1.82) is 0 Å². The summed E-state index contributed by atoms with van der Waals surface area (Å²) in [4.78, 5) is 27.4. The molecular weight excluding hydrogens is 538 g/mol. The Kier molecular flexibility index (Phi) is 8.57. The molecule has 0 radical (unpaired) electrons. The number of carboxylic acids is 1. The molecule has 0 aliphatic heterocycles. The number of ether oxygens (including phenoxy) is 3. The first-order valence-corrected chi connectivity index (χ1v) is 11.5. The molecule has 0 atom stereocenters. The number of halogens is 4. The van der Waals surface area contributed by atoms with Crippen LogP contribution in [0.25, 0.3) is 22.6 Å². The van der Waals surface area contributed by atoms with Gasteiger partial charge in [0.2, 0.25) is 5.88 Å². The average molecular weight is 559 g/mol. The highest BCUT2D eigenvalue weighted by Crippen LogP contribution is 2.29. The highest BCUT2D eigenvalue weighted by Gasteiger charge is 2.22. The highest BCUT2D eigenvalue weighted by molar-refractivity contribution is 5.91. The summed E-state index contributed by atoms with van der Waals surface area (Å²) in [5.74, 6) is -3.24. The van der Waals surface area contributed by atoms with Crippen molar-refractivity contribution in [3.8, 4) is 40.0 Å². The summed E-state index contributed by atoms with van der Waals surface area (Å²) in [6, 6.07) is 8.67. The Labute approximate surface area is 224 Å². The van der Waals surface area contributed by atoms with Crippen molar-refractivity contribution >= 4 is 11.8 Å². The minimum Gasteiger partial charge on any atom is -0.497 e. The van der Waals surface area contributed by atoms with Crippen LogP contribution in [0.2, 0.25) is 0 Å². The molecule has 208 valence electrons. The van der Waals surface area contributed by atoms with Crippen LogP contribution in [0.3, 0.4) is 0 Å². The van der Waals surface area contributed by atoms with Crippen molar-refractivity contribution in [2.75, 3.05) is 26.1 Å². The summed E-state index contributed by atoms with van der Waals surface area (Å²) in [6.07, 6.45) is -0.477. The van der Waals surface area contributed by atoms with Crippen LogP contribution < -0.4 is 19.5 Å². The summed E-state index contributed by atoms with van der Waals surface area (Å²) in [7, 11) is 2.98. The van der Waals surface area contributed by atoms with E-state index in [1.165, 1.54) is 32.5 Å². The van der Waals surface area contributed by atoms with Crippen LogP contribution in [-0.2, 0) is 6.54 Å². The van der Waals surface area contributed by atoms with Gasteiger partial charge in [-0.1, -0.05) is 0 Å². The number of carbonyl (C=O) groups is 1. The number of alkyl halides is 2. The fourth-order valence-electron chi connectivity index (χ4n) is 3.54. The van der Waals surface area contributed by atoms with Gasteiger partial charge in [-0.2, -0.15) is 4.39 Å². The maximum atomic E-state index is 15.1. The number of nitrogens with one attached hydrogen (secondary N) is 1. The van der Waals surface area contributed by atoms with E-state index in [0.29, 0.717) is 17.1 Å². The molecule has 0 aliphatic carbocycles. The summed E-state index contributed by atoms with van der Waals surface area (Å²) in [5, 5.41) is 12.3. The first-order chi connectivity index (χ1) is 19.2.